The zero-order valence-electron chi connectivity index (χ0n) is 11.7. The molecule has 4 nitrogen and oxygen atoms in total. The summed E-state index contributed by atoms with van der Waals surface area (Å²) in [6.07, 6.45) is 2.91. The van der Waals surface area contributed by atoms with Crippen LogP contribution >= 0.6 is 0 Å². The van der Waals surface area contributed by atoms with Gasteiger partial charge in [0.1, 0.15) is 5.75 Å². The van der Waals surface area contributed by atoms with Gasteiger partial charge in [-0.3, -0.25) is 4.79 Å². The minimum Gasteiger partial charge on any atom is -0.497 e. The first-order valence-corrected chi connectivity index (χ1v) is 6.82. The van der Waals surface area contributed by atoms with Crippen LogP contribution in [0.5, 0.6) is 5.75 Å². The highest BCUT2D eigenvalue weighted by Gasteiger charge is 2.24. The number of hydrogen-bond donors (Lipinski definition) is 1. The van der Waals surface area contributed by atoms with Crippen LogP contribution in [0, 0.1) is 0 Å². The number of likely N-dealkylation sites (N-methyl/N-ethyl adjacent to an activating group) is 1. The van der Waals surface area contributed by atoms with Crippen LogP contribution in [0.1, 0.15) is 18.4 Å². The smallest absolute Gasteiger partial charge is 0.239 e. The lowest BCUT2D eigenvalue weighted by Crippen LogP contribution is -2.42. The third-order valence-corrected chi connectivity index (χ3v) is 3.60. The van der Waals surface area contributed by atoms with Crippen molar-refractivity contribution >= 4 is 5.91 Å². The number of nitrogens with one attached hydrogen (secondary N) is 1. The summed E-state index contributed by atoms with van der Waals surface area (Å²) in [6, 6.07) is 8.02. The average Bonchev–Trinajstić information content (AvgIpc) is 2.98. The molecule has 104 valence electrons. The molecule has 2 rings (SSSR count). The number of amides is 1. The standard InChI is InChI=1S/C15H22N2O2/c1-17(15(18)14-7-4-9-16-14)10-8-12-5-3-6-13(11-12)19-2/h3,5-6,11,14,16H,4,7-10H2,1-2H3. The lowest BCUT2D eigenvalue weighted by molar-refractivity contribution is -0.131. The molecule has 1 atom stereocenters. The molecule has 1 aromatic carbocycles. The van der Waals surface area contributed by atoms with Gasteiger partial charge in [0.05, 0.1) is 13.2 Å². The molecule has 1 heterocycles. The molecule has 1 fully saturated rings. The molecule has 1 amide bonds. The molecule has 0 spiro atoms. The van der Waals surface area contributed by atoms with Gasteiger partial charge in [0.2, 0.25) is 5.91 Å². The van der Waals surface area contributed by atoms with Crippen LogP contribution in [0.15, 0.2) is 24.3 Å². The monoisotopic (exact) mass is 262 g/mol. The Hall–Kier alpha value is -1.55. The van der Waals surface area contributed by atoms with Crippen LogP contribution in [0.4, 0.5) is 0 Å². The molecule has 0 aromatic heterocycles. The predicted molar refractivity (Wildman–Crippen MR) is 75.4 cm³/mol. The van der Waals surface area contributed by atoms with E-state index in [2.05, 4.69) is 11.4 Å². The number of nitrogens with zero attached hydrogens (tertiary/aromatic N) is 1. The zero-order valence-corrected chi connectivity index (χ0v) is 11.7. The van der Waals surface area contributed by atoms with Gasteiger partial charge in [-0.1, -0.05) is 12.1 Å². The number of rotatable bonds is 5. The molecule has 1 unspecified atom stereocenters. The molecule has 1 aromatic rings. The van der Waals surface area contributed by atoms with Gasteiger partial charge in [-0.25, -0.2) is 0 Å². The second-order valence-electron chi connectivity index (χ2n) is 5.01. The van der Waals surface area contributed by atoms with Crippen LogP contribution < -0.4 is 10.1 Å². The van der Waals surface area contributed by atoms with Crippen molar-refractivity contribution in [2.45, 2.75) is 25.3 Å². The Labute approximate surface area is 114 Å². The van der Waals surface area contributed by atoms with Gasteiger partial charge in [0, 0.05) is 13.6 Å². The zero-order chi connectivity index (χ0) is 13.7. The molecule has 1 saturated heterocycles. The molecule has 0 saturated carbocycles. The SMILES string of the molecule is COc1cccc(CCN(C)C(=O)C2CCCN2)c1. The summed E-state index contributed by atoms with van der Waals surface area (Å²) in [6.45, 7) is 1.70. The van der Waals surface area contributed by atoms with Gasteiger partial charge in [0.15, 0.2) is 0 Å². The molecule has 1 aliphatic heterocycles. The summed E-state index contributed by atoms with van der Waals surface area (Å²) in [4.78, 5) is 14.0. The summed E-state index contributed by atoms with van der Waals surface area (Å²) >= 11 is 0. The summed E-state index contributed by atoms with van der Waals surface area (Å²) in [5.41, 5.74) is 1.19. The Morgan fingerprint density at radius 1 is 1.53 bits per heavy atom. The van der Waals surface area contributed by atoms with E-state index in [1.165, 1.54) is 5.56 Å². The molecule has 0 bridgehead atoms. The third-order valence-electron chi connectivity index (χ3n) is 3.60. The second-order valence-corrected chi connectivity index (χ2v) is 5.01. The van der Waals surface area contributed by atoms with E-state index >= 15 is 0 Å². The van der Waals surface area contributed by atoms with Crippen LogP contribution in [-0.4, -0.2) is 44.1 Å². The van der Waals surface area contributed by atoms with E-state index in [0.717, 1.165) is 38.1 Å². The van der Waals surface area contributed by atoms with Crippen molar-refractivity contribution in [1.82, 2.24) is 10.2 Å². The normalized spacial score (nSPS) is 18.3. The lowest BCUT2D eigenvalue weighted by atomic mass is 10.1. The van der Waals surface area contributed by atoms with Crippen molar-refractivity contribution in [2.75, 3.05) is 27.2 Å². The Morgan fingerprint density at radius 3 is 3.05 bits per heavy atom. The van der Waals surface area contributed by atoms with E-state index in [4.69, 9.17) is 4.74 Å². The van der Waals surface area contributed by atoms with Gasteiger partial charge >= 0.3 is 0 Å². The number of benzene rings is 1. The number of carbonyl (C=O) groups excluding carboxylic acids is 1. The summed E-state index contributed by atoms with van der Waals surface area (Å²) in [7, 11) is 3.54. The average molecular weight is 262 g/mol. The molecule has 0 aliphatic carbocycles. The Bertz CT molecular complexity index is 428. The van der Waals surface area contributed by atoms with E-state index < -0.39 is 0 Å². The van der Waals surface area contributed by atoms with Crippen molar-refractivity contribution in [1.29, 1.82) is 0 Å². The largest absolute Gasteiger partial charge is 0.497 e. The van der Waals surface area contributed by atoms with E-state index in [1.54, 1.807) is 7.11 Å². The summed E-state index contributed by atoms with van der Waals surface area (Å²) in [5, 5.41) is 3.24. The number of methoxy groups -OCH3 is 1. The van der Waals surface area contributed by atoms with Gasteiger partial charge in [-0.05, 0) is 43.5 Å². The van der Waals surface area contributed by atoms with Crippen molar-refractivity contribution < 1.29 is 9.53 Å². The fraction of sp³-hybridized carbons (Fsp3) is 0.533. The molecular formula is C15H22N2O2. The van der Waals surface area contributed by atoms with Crippen molar-refractivity contribution in [3.05, 3.63) is 29.8 Å². The first kappa shape index (κ1) is 13.9. The summed E-state index contributed by atoms with van der Waals surface area (Å²) in [5.74, 6) is 1.07. The van der Waals surface area contributed by atoms with E-state index in [9.17, 15) is 4.79 Å². The lowest BCUT2D eigenvalue weighted by Gasteiger charge is -2.21. The van der Waals surface area contributed by atoms with Gasteiger partial charge < -0.3 is 15.0 Å². The minimum absolute atomic E-state index is 0.0234. The van der Waals surface area contributed by atoms with Crippen molar-refractivity contribution in [3.63, 3.8) is 0 Å². The molecule has 19 heavy (non-hydrogen) atoms. The fourth-order valence-electron chi connectivity index (χ4n) is 2.40. The van der Waals surface area contributed by atoms with Gasteiger partial charge in [0.25, 0.3) is 0 Å². The Balaban J connectivity index is 1.85. The van der Waals surface area contributed by atoms with E-state index in [0.29, 0.717) is 0 Å². The highest BCUT2D eigenvalue weighted by molar-refractivity contribution is 5.81. The highest BCUT2D eigenvalue weighted by atomic mass is 16.5. The maximum absolute atomic E-state index is 12.1. The maximum Gasteiger partial charge on any atom is 0.239 e. The Morgan fingerprint density at radius 2 is 2.37 bits per heavy atom. The highest BCUT2D eigenvalue weighted by Crippen LogP contribution is 2.14. The van der Waals surface area contributed by atoms with Crippen molar-refractivity contribution in [3.8, 4) is 5.75 Å². The number of hydrogen-bond acceptors (Lipinski definition) is 3. The molecule has 1 aliphatic rings. The van der Waals surface area contributed by atoms with Gasteiger partial charge in [-0.2, -0.15) is 0 Å². The maximum atomic E-state index is 12.1. The quantitative estimate of drug-likeness (QED) is 0.873. The van der Waals surface area contributed by atoms with E-state index in [-0.39, 0.29) is 11.9 Å². The molecule has 1 N–H and O–H groups in total. The summed E-state index contributed by atoms with van der Waals surface area (Å²) < 4.78 is 5.20. The molecular weight excluding hydrogens is 240 g/mol. The van der Waals surface area contributed by atoms with Crippen LogP contribution in [0.3, 0.4) is 0 Å². The number of ether oxygens (including phenoxy) is 1. The number of carbonyl (C=O) groups is 1. The van der Waals surface area contributed by atoms with Crippen LogP contribution in [-0.2, 0) is 11.2 Å². The first-order valence-electron chi connectivity index (χ1n) is 6.82. The molecule has 0 radical (unpaired) electrons. The van der Waals surface area contributed by atoms with E-state index in [1.807, 2.05) is 30.1 Å². The van der Waals surface area contributed by atoms with Crippen LogP contribution in [0.25, 0.3) is 0 Å². The third kappa shape index (κ3) is 3.70. The topological polar surface area (TPSA) is 41.6 Å². The van der Waals surface area contributed by atoms with Crippen LogP contribution in [0.2, 0.25) is 0 Å². The van der Waals surface area contributed by atoms with Gasteiger partial charge in [-0.15, -0.1) is 0 Å². The second kappa shape index (κ2) is 6.57. The van der Waals surface area contributed by atoms with Crippen molar-refractivity contribution in [2.24, 2.45) is 0 Å². The predicted octanol–water partition coefficient (Wildman–Crippen LogP) is 1.45. The fourth-order valence-corrected chi connectivity index (χ4v) is 2.40. The molecule has 4 heteroatoms. The first-order chi connectivity index (χ1) is 9.20. The minimum atomic E-state index is 0.0234. The Kier molecular flexibility index (Phi) is 4.80.